The summed E-state index contributed by atoms with van der Waals surface area (Å²) in [4.78, 5) is 12.1. The summed E-state index contributed by atoms with van der Waals surface area (Å²) in [5.41, 5.74) is 1.20. The second-order valence-corrected chi connectivity index (χ2v) is 7.76. The Morgan fingerprint density at radius 1 is 1.21 bits per heavy atom. The van der Waals surface area contributed by atoms with Crippen LogP contribution in [0.4, 0.5) is 0 Å². The number of rotatable bonds is 11. The molecule has 0 aromatic carbocycles. The molecule has 0 spiro atoms. The third-order valence-electron chi connectivity index (χ3n) is 5.17. The molecule has 0 unspecified atom stereocenters. The van der Waals surface area contributed by atoms with E-state index < -0.39 is 29.9 Å². The molecule has 4 N–H and O–H groups in total. The van der Waals surface area contributed by atoms with Crippen LogP contribution >= 0.6 is 0 Å². The highest BCUT2D eigenvalue weighted by molar-refractivity contribution is 6.03. The zero-order valence-electron chi connectivity index (χ0n) is 18.1. The summed E-state index contributed by atoms with van der Waals surface area (Å²) in [5, 5.41) is 40.1. The van der Waals surface area contributed by atoms with Crippen molar-refractivity contribution in [3.05, 3.63) is 47.3 Å². The van der Waals surface area contributed by atoms with Crippen LogP contribution in [0.3, 0.4) is 0 Å². The van der Waals surface area contributed by atoms with Crippen LogP contribution in [0.2, 0.25) is 0 Å². The Labute approximate surface area is 173 Å². The minimum atomic E-state index is -2.25. The van der Waals surface area contributed by atoms with E-state index in [2.05, 4.69) is 0 Å². The van der Waals surface area contributed by atoms with E-state index in [1.54, 1.807) is 0 Å². The van der Waals surface area contributed by atoms with Gasteiger partial charge < -0.3 is 25.2 Å². The number of ketones is 1. The Morgan fingerprint density at radius 2 is 1.86 bits per heavy atom. The van der Waals surface area contributed by atoms with Crippen molar-refractivity contribution >= 4 is 5.78 Å². The van der Waals surface area contributed by atoms with E-state index in [-0.39, 0.29) is 23.7 Å². The Hall–Kier alpha value is -1.73. The fraction of sp³-hybridized carbons (Fsp3) is 0.609. The topological polar surface area (TPSA) is 107 Å². The lowest BCUT2D eigenvalue weighted by Gasteiger charge is -2.25. The molecule has 1 rings (SSSR count). The van der Waals surface area contributed by atoms with E-state index >= 15 is 0 Å². The van der Waals surface area contributed by atoms with Gasteiger partial charge in [0, 0.05) is 17.9 Å². The van der Waals surface area contributed by atoms with Crippen LogP contribution in [0.1, 0.15) is 60.3 Å². The maximum absolute atomic E-state index is 12.1. The molecule has 1 aliphatic rings. The number of aliphatic hydroxyl groups is 4. The van der Waals surface area contributed by atoms with Crippen LogP contribution in [0, 0.1) is 5.92 Å². The minimum Gasteiger partial charge on any atom is -0.456 e. The number of carbonyl (C=O) groups is 1. The van der Waals surface area contributed by atoms with Gasteiger partial charge in [-0.05, 0) is 45.6 Å². The van der Waals surface area contributed by atoms with Crippen molar-refractivity contribution in [2.75, 3.05) is 0 Å². The summed E-state index contributed by atoms with van der Waals surface area (Å²) in [6.07, 6.45) is 9.12. The predicted molar refractivity (Wildman–Crippen MR) is 113 cm³/mol. The Morgan fingerprint density at radius 3 is 2.41 bits per heavy atom. The molecule has 0 saturated carbocycles. The van der Waals surface area contributed by atoms with Crippen molar-refractivity contribution in [1.29, 1.82) is 0 Å². The van der Waals surface area contributed by atoms with Gasteiger partial charge in [-0.25, -0.2) is 0 Å². The van der Waals surface area contributed by atoms with Gasteiger partial charge in [-0.2, -0.15) is 0 Å². The molecular formula is C23H36O6. The first-order valence-electron chi connectivity index (χ1n) is 10.2. The number of hydrogen-bond donors (Lipinski definition) is 4. The number of Topliss-reactive ketones (excluding diaryl/α,β-unsaturated/α-hetero) is 1. The van der Waals surface area contributed by atoms with Crippen LogP contribution in [0.5, 0.6) is 0 Å². The van der Waals surface area contributed by atoms with Crippen molar-refractivity contribution in [2.45, 2.75) is 84.4 Å². The van der Waals surface area contributed by atoms with Gasteiger partial charge in [0.05, 0.1) is 12.2 Å². The van der Waals surface area contributed by atoms with E-state index in [4.69, 9.17) is 4.74 Å². The van der Waals surface area contributed by atoms with E-state index in [1.165, 1.54) is 13.8 Å². The van der Waals surface area contributed by atoms with Crippen molar-refractivity contribution in [1.82, 2.24) is 0 Å². The SMILES string of the molecule is CC/C=C(\C)[C@H](O)[C@@H](C)/C=C/C=C/CC[C@H](O)CC1=C(C)C(=O)[C@@](O)([C@H](C)O)O1. The number of ether oxygens (including phenoxy) is 1. The first kappa shape index (κ1) is 25.3. The van der Waals surface area contributed by atoms with E-state index in [0.717, 1.165) is 12.0 Å². The van der Waals surface area contributed by atoms with Gasteiger partial charge in [-0.15, -0.1) is 0 Å². The summed E-state index contributed by atoms with van der Waals surface area (Å²) in [6, 6.07) is 0. The molecule has 5 atom stereocenters. The third kappa shape index (κ3) is 6.93. The van der Waals surface area contributed by atoms with E-state index in [9.17, 15) is 25.2 Å². The molecule has 0 radical (unpaired) electrons. The zero-order valence-corrected chi connectivity index (χ0v) is 18.1. The van der Waals surface area contributed by atoms with Crippen molar-refractivity contribution < 1.29 is 30.0 Å². The van der Waals surface area contributed by atoms with Gasteiger partial charge in [-0.1, -0.05) is 44.2 Å². The monoisotopic (exact) mass is 408 g/mol. The molecule has 164 valence electrons. The fourth-order valence-electron chi connectivity index (χ4n) is 3.16. The number of allylic oxidation sites excluding steroid dienone is 4. The molecular weight excluding hydrogens is 372 g/mol. The Balaban J connectivity index is 2.45. The lowest BCUT2D eigenvalue weighted by atomic mass is 9.97. The Bertz CT molecular complexity index is 673. The van der Waals surface area contributed by atoms with Crippen molar-refractivity contribution in [2.24, 2.45) is 5.92 Å². The van der Waals surface area contributed by atoms with Gasteiger partial charge in [0.2, 0.25) is 5.78 Å². The van der Waals surface area contributed by atoms with Gasteiger partial charge >= 0.3 is 0 Å². The maximum atomic E-state index is 12.1. The summed E-state index contributed by atoms with van der Waals surface area (Å²) >= 11 is 0. The van der Waals surface area contributed by atoms with Crippen molar-refractivity contribution in [3.8, 4) is 0 Å². The van der Waals surface area contributed by atoms with Gasteiger partial charge in [0.1, 0.15) is 11.9 Å². The fourth-order valence-corrected chi connectivity index (χ4v) is 3.16. The molecule has 0 aliphatic carbocycles. The first-order chi connectivity index (χ1) is 13.5. The quantitative estimate of drug-likeness (QED) is 0.309. The molecule has 1 heterocycles. The normalized spacial score (nSPS) is 25.0. The van der Waals surface area contributed by atoms with Crippen LogP contribution in [0.25, 0.3) is 0 Å². The molecule has 0 bridgehead atoms. The average molecular weight is 409 g/mol. The molecule has 0 aromatic heterocycles. The second kappa shape index (κ2) is 11.5. The highest BCUT2D eigenvalue weighted by Gasteiger charge is 2.50. The second-order valence-electron chi connectivity index (χ2n) is 7.76. The molecule has 6 heteroatoms. The van der Waals surface area contributed by atoms with Crippen LogP contribution in [-0.2, 0) is 9.53 Å². The lowest BCUT2D eigenvalue weighted by Crippen LogP contribution is -2.47. The zero-order chi connectivity index (χ0) is 22.2. The highest BCUT2D eigenvalue weighted by atomic mass is 16.6. The minimum absolute atomic E-state index is 0.00710. The van der Waals surface area contributed by atoms with Crippen LogP contribution in [-0.4, -0.2) is 50.3 Å². The molecule has 1 aliphatic heterocycles. The third-order valence-corrected chi connectivity index (χ3v) is 5.17. The first-order valence-corrected chi connectivity index (χ1v) is 10.2. The average Bonchev–Trinajstić information content (AvgIpc) is 2.88. The molecule has 6 nitrogen and oxygen atoms in total. The lowest BCUT2D eigenvalue weighted by molar-refractivity contribution is -0.213. The number of aliphatic hydroxyl groups excluding tert-OH is 3. The summed E-state index contributed by atoms with van der Waals surface area (Å²) in [5.74, 6) is -2.70. The van der Waals surface area contributed by atoms with E-state index in [0.29, 0.717) is 12.8 Å². The number of carbonyl (C=O) groups excluding carboxylic acids is 1. The van der Waals surface area contributed by atoms with Crippen molar-refractivity contribution in [3.63, 3.8) is 0 Å². The molecule has 0 fully saturated rings. The summed E-state index contributed by atoms with van der Waals surface area (Å²) < 4.78 is 5.25. The molecule has 29 heavy (non-hydrogen) atoms. The molecule has 0 aromatic rings. The largest absolute Gasteiger partial charge is 0.456 e. The van der Waals surface area contributed by atoms with Gasteiger partial charge in [0.25, 0.3) is 5.79 Å². The molecule has 0 amide bonds. The Kier molecular flexibility index (Phi) is 10.00. The van der Waals surface area contributed by atoms with E-state index in [1.807, 2.05) is 51.2 Å². The molecule has 0 saturated heterocycles. The van der Waals surface area contributed by atoms with Crippen LogP contribution < -0.4 is 0 Å². The standard InChI is InChI=1S/C23H36O6/c1-6-11-15(2)21(26)16(3)12-9-7-8-10-13-19(25)14-20-17(4)22(27)23(28,29-20)18(5)24/h7-9,11-12,16,18-19,21,24-26,28H,6,10,13-14H2,1-5H3/b8-7+,12-9+,15-11+/t16-,18-,19-,21-,23+/m0/s1. The smallest absolute Gasteiger partial charge is 0.298 e. The van der Waals surface area contributed by atoms with Crippen LogP contribution in [0.15, 0.2) is 47.3 Å². The maximum Gasteiger partial charge on any atom is 0.298 e. The summed E-state index contributed by atoms with van der Waals surface area (Å²) in [6.45, 7) is 8.72. The highest BCUT2D eigenvalue weighted by Crippen LogP contribution is 2.34. The summed E-state index contributed by atoms with van der Waals surface area (Å²) in [7, 11) is 0. The number of hydrogen-bond acceptors (Lipinski definition) is 6. The van der Waals surface area contributed by atoms with Gasteiger partial charge in [0.15, 0.2) is 0 Å². The predicted octanol–water partition coefficient (Wildman–Crippen LogP) is 2.93. The van der Waals surface area contributed by atoms with Gasteiger partial charge in [-0.3, -0.25) is 4.79 Å².